The summed E-state index contributed by atoms with van der Waals surface area (Å²) in [5.41, 5.74) is 1.65. The van der Waals surface area contributed by atoms with Crippen LogP contribution in [0.25, 0.3) is 0 Å². The van der Waals surface area contributed by atoms with Gasteiger partial charge in [0.05, 0.1) is 56.1 Å². The number of carboxylic acids is 2. The Balaban J connectivity index is 0.000000423. The Morgan fingerprint density at radius 1 is 0.500 bits per heavy atom. The van der Waals surface area contributed by atoms with E-state index < -0.39 is 38.1 Å². The lowest BCUT2D eigenvalue weighted by Gasteiger charge is -2.39. The Hall–Kier alpha value is -3.57. The molecule has 0 aromatic heterocycles. The molecule has 0 aliphatic rings. The monoisotopic (exact) mass is 797 g/mol. The van der Waals surface area contributed by atoms with Crippen molar-refractivity contribution in [1.29, 1.82) is 0 Å². The van der Waals surface area contributed by atoms with Gasteiger partial charge >= 0.3 is 0 Å². The highest BCUT2D eigenvalue weighted by Crippen LogP contribution is 2.21. The van der Waals surface area contributed by atoms with E-state index in [9.17, 15) is 28.2 Å². The lowest BCUT2D eigenvalue weighted by atomic mass is 10.1. The first-order chi connectivity index (χ1) is 26.7. The summed E-state index contributed by atoms with van der Waals surface area (Å²) in [5, 5.41) is 20.9. The molecule has 0 aliphatic heterocycles. The molecular formula is C46H72N2O7S. The molecule has 56 heavy (non-hydrogen) atoms. The molecule has 0 radical (unpaired) electrons. The zero-order chi connectivity index (χ0) is 41.9. The van der Waals surface area contributed by atoms with Crippen LogP contribution in [0.4, 0.5) is 0 Å². The predicted octanol–water partition coefficient (Wildman–Crippen LogP) is 8.47. The molecule has 9 nitrogen and oxygen atoms in total. The molecule has 3 aromatic carbocycles. The third-order valence-electron chi connectivity index (χ3n) is 10.3. The molecule has 314 valence electrons. The fourth-order valence-corrected chi connectivity index (χ4v) is 7.58. The first-order valence-electron chi connectivity index (χ1n) is 21.1. The number of carbonyl (C=O) groups is 2. The largest absolute Gasteiger partial charge is 0.545 e. The smallest absolute Gasteiger partial charge is 0.294 e. The van der Waals surface area contributed by atoms with Crippen molar-refractivity contribution in [2.45, 2.75) is 137 Å². The average Bonchev–Trinajstić information content (AvgIpc) is 3.19. The number of nitrogens with zero attached hydrogens (tertiary/aromatic N) is 2. The van der Waals surface area contributed by atoms with Gasteiger partial charge < -0.3 is 28.8 Å². The fourth-order valence-electron chi connectivity index (χ4n) is 7.03. The second-order valence-electron chi connectivity index (χ2n) is 15.2. The summed E-state index contributed by atoms with van der Waals surface area (Å²) in [6.45, 7) is 24.5. The van der Waals surface area contributed by atoms with Gasteiger partial charge in [0, 0.05) is 11.1 Å². The highest BCUT2D eigenvalue weighted by Gasteiger charge is 2.27. The molecule has 3 aromatic rings. The van der Waals surface area contributed by atoms with Gasteiger partial charge in [-0.2, -0.15) is 8.42 Å². The molecule has 1 N–H and O–H groups in total. The summed E-state index contributed by atoms with van der Waals surface area (Å²) in [5.74, 6) is -3.54. The van der Waals surface area contributed by atoms with E-state index in [1.165, 1.54) is 150 Å². The molecule has 0 atom stereocenters. The zero-order valence-corrected chi connectivity index (χ0v) is 36.2. The van der Waals surface area contributed by atoms with Crippen LogP contribution in [-0.2, 0) is 23.2 Å². The van der Waals surface area contributed by atoms with Crippen molar-refractivity contribution in [3.63, 3.8) is 0 Å². The zero-order valence-electron chi connectivity index (χ0n) is 35.3. The van der Waals surface area contributed by atoms with E-state index in [4.69, 9.17) is 4.55 Å². The number of unbranched alkanes of at least 4 members (excludes halogenated alkanes) is 6. The second kappa shape index (κ2) is 27.9. The van der Waals surface area contributed by atoms with Crippen LogP contribution in [0.2, 0.25) is 0 Å². The number of hydrogen-bond acceptors (Lipinski definition) is 6. The topological polar surface area (TPSA) is 135 Å². The van der Waals surface area contributed by atoms with Gasteiger partial charge in [0.1, 0.15) is 13.1 Å². The molecule has 0 saturated carbocycles. The predicted molar refractivity (Wildman–Crippen MR) is 224 cm³/mol. The van der Waals surface area contributed by atoms with Crippen LogP contribution < -0.4 is 10.2 Å². The van der Waals surface area contributed by atoms with E-state index in [0.717, 1.165) is 0 Å². The third kappa shape index (κ3) is 20.0. The Labute approximate surface area is 339 Å². The van der Waals surface area contributed by atoms with Crippen LogP contribution in [0.3, 0.4) is 0 Å². The van der Waals surface area contributed by atoms with Gasteiger partial charge in [-0.3, -0.25) is 4.55 Å². The third-order valence-corrected chi connectivity index (χ3v) is 11.1. The first-order valence-corrected chi connectivity index (χ1v) is 22.5. The second-order valence-corrected chi connectivity index (χ2v) is 16.7. The summed E-state index contributed by atoms with van der Waals surface area (Å²) in [6.07, 6.45) is 16.0. The standard InChI is InChI=1S/2C19H34N.C8H6O7S/c2*1-4-7-15-20(16-8-5-2,17-9-6-3)18-19-13-11-10-12-14-19;9-7(10)4-1-5(8(11)12)3-6(2-4)16(13,14)15/h2*10-14H,4-9,15-18H2,1-3H3;1-3H,(H,9,10)(H,11,12)(H,13,14,15)/q2*+1;/p-2. The van der Waals surface area contributed by atoms with Crippen LogP contribution in [0.5, 0.6) is 0 Å². The lowest BCUT2D eigenvalue weighted by molar-refractivity contribution is -0.941. The number of carboxylic acid groups (broad SMARTS) is 2. The van der Waals surface area contributed by atoms with E-state index in [1.807, 2.05) is 0 Å². The van der Waals surface area contributed by atoms with Crippen molar-refractivity contribution in [2.75, 3.05) is 39.3 Å². The maximum Gasteiger partial charge on any atom is 0.294 e. The number of carbonyl (C=O) groups excluding carboxylic acids is 2. The maximum atomic E-state index is 10.7. The molecular weight excluding hydrogens is 725 g/mol. The van der Waals surface area contributed by atoms with Gasteiger partial charge in [-0.15, -0.1) is 0 Å². The van der Waals surface area contributed by atoms with Crippen LogP contribution in [0.15, 0.2) is 83.8 Å². The van der Waals surface area contributed by atoms with Crippen LogP contribution in [0.1, 0.15) is 150 Å². The fraction of sp³-hybridized carbons (Fsp3) is 0.565. The Bertz CT molecular complexity index is 1470. The van der Waals surface area contributed by atoms with Crippen LogP contribution in [-0.4, -0.2) is 73.1 Å². The van der Waals surface area contributed by atoms with E-state index >= 15 is 0 Å². The molecule has 0 amide bonds. The molecule has 10 heteroatoms. The Morgan fingerprint density at radius 3 is 0.982 bits per heavy atom. The minimum atomic E-state index is -4.70. The molecule has 3 rings (SSSR count). The molecule has 0 unspecified atom stereocenters. The Kier molecular flexibility index (Phi) is 25.2. The molecule has 0 saturated heterocycles. The van der Waals surface area contributed by atoms with Crippen molar-refractivity contribution >= 4 is 22.1 Å². The van der Waals surface area contributed by atoms with E-state index in [1.54, 1.807) is 0 Å². The molecule has 0 aliphatic carbocycles. The lowest BCUT2D eigenvalue weighted by Crippen LogP contribution is -2.49. The van der Waals surface area contributed by atoms with Gasteiger partial charge in [0.2, 0.25) is 0 Å². The van der Waals surface area contributed by atoms with Crippen molar-refractivity contribution in [1.82, 2.24) is 0 Å². The summed E-state index contributed by atoms with van der Waals surface area (Å²) in [4.78, 5) is 20.1. The van der Waals surface area contributed by atoms with Gasteiger partial charge in [-0.1, -0.05) is 141 Å². The van der Waals surface area contributed by atoms with Crippen LogP contribution in [0, 0.1) is 0 Å². The van der Waals surface area contributed by atoms with Gasteiger partial charge in [0.15, 0.2) is 0 Å². The normalized spacial score (nSPS) is 11.6. The summed E-state index contributed by atoms with van der Waals surface area (Å²) in [7, 11) is -4.70. The van der Waals surface area contributed by atoms with Crippen molar-refractivity contribution in [3.05, 3.63) is 101 Å². The molecule has 0 bridgehead atoms. The summed E-state index contributed by atoms with van der Waals surface area (Å²) in [6, 6.07) is 24.0. The highest BCUT2D eigenvalue weighted by molar-refractivity contribution is 7.85. The number of benzene rings is 3. The minimum absolute atomic E-state index is 0.580. The highest BCUT2D eigenvalue weighted by atomic mass is 32.2. The first kappa shape index (κ1) is 50.4. The van der Waals surface area contributed by atoms with E-state index in [-0.39, 0.29) is 0 Å². The number of quaternary nitrogens is 2. The number of rotatable bonds is 25. The average molecular weight is 797 g/mol. The van der Waals surface area contributed by atoms with E-state index in [2.05, 4.69) is 102 Å². The van der Waals surface area contributed by atoms with Crippen molar-refractivity contribution < 1.29 is 41.7 Å². The number of aromatic carboxylic acids is 2. The van der Waals surface area contributed by atoms with Crippen molar-refractivity contribution in [2.24, 2.45) is 0 Å². The maximum absolute atomic E-state index is 10.7. The Morgan fingerprint density at radius 2 is 0.768 bits per heavy atom. The summed E-state index contributed by atoms with van der Waals surface area (Å²) < 4.78 is 32.7. The molecule has 0 fully saturated rings. The molecule has 0 spiro atoms. The number of hydrogen-bond donors (Lipinski definition) is 1. The minimum Gasteiger partial charge on any atom is -0.545 e. The SMILES string of the molecule is CCCC[N+](CCCC)(CCCC)Cc1ccccc1.CCCC[N+](CCCC)(CCCC)Cc1ccccc1.O=C([O-])c1cc(C(=O)[O-])cc(S(=O)(=O)O)c1. The van der Waals surface area contributed by atoms with Gasteiger partial charge in [0.25, 0.3) is 10.1 Å². The van der Waals surface area contributed by atoms with Crippen molar-refractivity contribution in [3.8, 4) is 0 Å². The van der Waals surface area contributed by atoms with E-state index in [0.29, 0.717) is 18.2 Å². The summed E-state index contributed by atoms with van der Waals surface area (Å²) >= 11 is 0. The molecule has 0 heterocycles. The van der Waals surface area contributed by atoms with Gasteiger partial charge in [-0.05, 0) is 67.9 Å². The van der Waals surface area contributed by atoms with Crippen LogP contribution >= 0.6 is 0 Å². The van der Waals surface area contributed by atoms with Gasteiger partial charge in [-0.25, -0.2) is 0 Å². The quantitative estimate of drug-likeness (QED) is 0.0672.